The fraction of sp³-hybridized carbons (Fsp3) is 0.0769. The molecule has 0 spiro atoms. The molecule has 7 heteroatoms. The molecule has 2 rings (SSSR count). The SMILES string of the molecule is CC(=O)Nc1sc(-c2cccc(Cl)c2Cl)cc1C(N)=O. The molecule has 20 heavy (non-hydrogen) atoms. The molecule has 1 aromatic heterocycles. The Morgan fingerprint density at radius 3 is 2.60 bits per heavy atom. The van der Waals surface area contributed by atoms with Crippen molar-refractivity contribution >= 4 is 51.4 Å². The highest BCUT2D eigenvalue weighted by atomic mass is 35.5. The van der Waals surface area contributed by atoms with Gasteiger partial charge in [0.25, 0.3) is 5.91 Å². The number of nitrogens with one attached hydrogen (secondary N) is 1. The average Bonchev–Trinajstić information content (AvgIpc) is 2.75. The molecule has 2 aromatic rings. The minimum absolute atomic E-state index is 0.247. The molecule has 2 amide bonds. The maximum Gasteiger partial charge on any atom is 0.251 e. The molecule has 0 fully saturated rings. The van der Waals surface area contributed by atoms with Gasteiger partial charge in [-0.25, -0.2) is 0 Å². The Morgan fingerprint density at radius 1 is 1.30 bits per heavy atom. The maximum atomic E-state index is 11.4. The summed E-state index contributed by atoms with van der Waals surface area (Å²) < 4.78 is 0. The Hall–Kier alpha value is -1.56. The van der Waals surface area contributed by atoms with Gasteiger partial charge < -0.3 is 11.1 Å². The third-order valence-corrected chi connectivity index (χ3v) is 4.41. The van der Waals surface area contributed by atoms with Crippen LogP contribution in [-0.2, 0) is 4.79 Å². The maximum absolute atomic E-state index is 11.4. The first-order valence-corrected chi connectivity index (χ1v) is 7.13. The van der Waals surface area contributed by atoms with Gasteiger partial charge in [0, 0.05) is 17.4 Å². The third kappa shape index (κ3) is 2.95. The number of primary amides is 1. The Bertz CT molecular complexity index is 698. The van der Waals surface area contributed by atoms with Crippen molar-refractivity contribution in [3.8, 4) is 10.4 Å². The van der Waals surface area contributed by atoms with E-state index in [4.69, 9.17) is 28.9 Å². The number of anilines is 1. The number of amides is 2. The van der Waals surface area contributed by atoms with Crippen LogP contribution in [0.4, 0.5) is 5.00 Å². The van der Waals surface area contributed by atoms with Crippen molar-refractivity contribution in [2.45, 2.75) is 6.92 Å². The number of carbonyl (C=O) groups excluding carboxylic acids is 2. The summed E-state index contributed by atoms with van der Waals surface area (Å²) in [6, 6.07) is 6.80. The second kappa shape index (κ2) is 5.83. The van der Waals surface area contributed by atoms with Crippen molar-refractivity contribution in [3.05, 3.63) is 39.9 Å². The summed E-state index contributed by atoms with van der Waals surface area (Å²) in [5.74, 6) is -0.896. The summed E-state index contributed by atoms with van der Waals surface area (Å²) in [4.78, 5) is 23.3. The number of rotatable bonds is 3. The number of hydrogen-bond donors (Lipinski definition) is 2. The smallest absolute Gasteiger partial charge is 0.251 e. The van der Waals surface area contributed by atoms with E-state index in [2.05, 4.69) is 5.32 Å². The largest absolute Gasteiger partial charge is 0.366 e. The van der Waals surface area contributed by atoms with Crippen molar-refractivity contribution in [3.63, 3.8) is 0 Å². The first-order valence-electron chi connectivity index (χ1n) is 5.55. The highest BCUT2D eigenvalue weighted by molar-refractivity contribution is 7.20. The van der Waals surface area contributed by atoms with Gasteiger partial charge in [0.05, 0.1) is 15.6 Å². The quantitative estimate of drug-likeness (QED) is 0.899. The fourth-order valence-corrected chi connectivity index (χ4v) is 3.25. The van der Waals surface area contributed by atoms with E-state index < -0.39 is 5.91 Å². The Labute approximate surface area is 129 Å². The van der Waals surface area contributed by atoms with Crippen LogP contribution < -0.4 is 11.1 Å². The number of carbonyl (C=O) groups is 2. The van der Waals surface area contributed by atoms with Crippen LogP contribution in [0.25, 0.3) is 10.4 Å². The lowest BCUT2D eigenvalue weighted by Crippen LogP contribution is -2.14. The van der Waals surface area contributed by atoms with E-state index in [1.54, 1.807) is 24.3 Å². The average molecular weight is 329 g/mol. The van der Waals surface area contributed by atoms with Crippen LogP contribution in [0.3, 0.4) is 0 Å². The monoisotopic (exact) mass is 328 g/mol. The highest BCUT2D eigenvalue weighted by Gasteiger charge is 2.17. The van der Waals surface area contributed by atoms with Crippen molar-refractivity contribution < 1.29 is 9.59 Å². The number of benzene rings is 1. The van der Waals surface area contributed by atoms with Gasteiger partial charge in [-0.05, 0) is 12.1 Å². The molecule has 0 unspecified atom stereocenters. The second-order valence-corrected chi connectivity index (χ2v) is 5.84. The van der Waals surface area contributed by atoms with Gasteiger partial charge >= 0.3 is 0 Å². The summed E-state index contributed by atoms with van der Waals surface area (Å²) in [6.45, 7) is 1.36. The molecule has 0 saturated heterocycles. The van der Waals surface area contributed by atoms with E-state index in [0.717, 1.165) is 0 Å². The fourth-order valence-electron chi connectivity index (χ4n) is 1.65. The summed E-state index contributed by atoms with van der Waals surface area (Å²) in [5, 5.41) is 3.79. The molecule has 3 N–H and O–H groups in total. The molecule has 0 aliphatic carbocycles. The van der Waals surface area contributed by atoms with Crippen LogP contribution in [0.5, 0.6) is 0 Å². The minimum Gasteiger partial charge on any atom is -0.366 e. The van der Waals surface area contributed by atoms with Crippen LogP contribution in [0, 0.1) is 0 Å². The minimum atomic E-state index is -0.616. The molecule has 1 aromatic carbocycles. The van der Waals surface area contributed by atoms with Crippen LogP contribution in [-0.4, -0.2) is 11.8 Å². The molecule has 0 bridgehead atoms. The number of nitrogens with two attached hydrogens (primary N) is 1. The van der Waals surface area contributed by atoms with Crippen molar-refractivity contribution in [1.29, 1.82) is 0 Å². The molecule has 0 aliphatic heterocycles. The molecule has 0 saturated carbocycles. The summed E-state index contributed by atoms with van der Waals surface area (Å²) in [7, 11) is 0. The van der Waals surface area contributed by atoms with Crippen molar-refractivity contribution in [1.82, 2.24) is 0 Å². The van der Waals surface area contributed by atoms with E-state index >= 15 is 0 Å². The van der Waals surface area contributed by atoms with Crippen molar-refractivity contribution in [2.75, 3.05) is 5.32 Å². The predicted octanol–water partition coefficient (Wildman–Crippen LogP) is 3.78. The van der Waals surface area contributed by atoms with Crippen LogP contribution >= 0.6 is 34.5 Å². The Kier molecular flexibility index (Phi) is 4.32. The number of hydrogen-bond acceptors (Lipinski definition) is 3. The van der Waals surface area contributed by atoms with Gasteiger partial charge in [0.15, 0.2) is 0 Å². The highest BCUT2D eigenvalue weighted by Crippen LogP contribution is 2.40. The van der Waals surface area contributed by atoms with E-state index in [0.29, 0.717) is 25.5 Å². The molecule has 0 aliphatic rings. The van der Waals surface area contributed by atoms with Crippen molar-refractivity contribution in [2.24, 2.45) is 5.73 Å². The molecule has 4 nitrogen and oxygen atoms in total. The lowest BCUT2D eigenvalue weighted by Gasteiger charge is -2.02. The van der Waals surface area contributed by atoms with Gasteiger partial charge in [-0.1, -0.05) is 35.3 Å². The van der Waals surface area contributed by atoms with Gasteiger partial charge in [0.1, 0.15) is 5.00 Å². The first-order chi connectivity index (χ1) is 9.40. The first kappa shape index (κ1) is 14.8. The number of thiophene rings is 1. The lowest BCUT2D eigenvalue weighted by atomic mass is 10.1. The topological polar surface area (TPSA) is 72.2 Å². The molecule has 0 atom stereocenters. The van der Waals surface area contributed by atoms with E-state index in [1.807, 2.05) is 0 Å². The van der Waals surface area contributed by atoms with Crippen LogP contribution in [0.1, 0.15) is 17.3 Å². The molecule has 1 heterocycles. The van der Waals surface area contributed by atoms with Crippen LogP contribution in [0.2, 0.25) is 10.0 Å². The van der Waals surface area contributed by atoms with Gasteiger partial charge in [-0.3, -0.25) is 9.59 Å². The molecule has 104 valence electrons. The van der Waals surface area contributed by atoms with E-state index in [-0.39, 0.29) is 11.5 Å². The van der Waals surface area contributed by atoms with Crippen LogP contribution in [0.15, 0.2) is 24.3 Å². The zero-order chi connectivity index (χ0) is 14.9. The molecular formula is C13H10Cl2N2O2S. The summed E-state index contributed by atoms with van der Waals surface area (Å²) in [6.07, 6.45) is 0. The third-order valence-electron chi connectivity index (χ3n) is 2.50. The summed E-state index contributed by atoms with van der Waals surface area (Å²) in [5.41, 5.74) is 6.24. The standard InChI is InChI=1S/C13H10Cl2N2O2S/c1-6(18)17-13-8(12(16)19)5-10(20-13)7-3-2-4-9(14)11(7)15/h2-5H,1H3,(H2,16,19)(H,17,18). The Balaban J connectivity index is 2.55. The zero-order valence-electron chi connectivity index (χ0n) is 10.4. The lowest BCUT2D eigenvalue weighted by molar-refractivity contribution is -0.114. The number of halogens is 2. The normalized spacial score (nSPS) is 10.3. The molecule has 0 radical (unpaired) electrons. The predicted molar refractivity (Wildman–Crippen MR) is 82.6 cm³/mol. The summed E-state index contributed by atoms with van der Waals surface area (Å²) >= 11 is 13.3. The van der Waals surface area contributed by atoms with Gasteiger partial charge in [0.2, 0.25) is 5.91 Å². The second-order valence-electron chi connectivity index (χ2n) is 4.00. The zero-order valence-corrected chi connectivity index (χ0v) is 12.7. The Morgan fingerprint density at radius 2 is 2.00 bits per heavy atom. The van der Waals surface area contributed by atoms with E-state index in [9.17, 15) is 9.59 Å². The molecular weight excluding hydrogens is 319 g/mol. The van der Waals surface area contributed by atoms with E-state index in [1.165, 1.54) is 18.3 Å². The van der Waals surface area contributed by atoms with Gasteiger partial charge in [-0.15, -0.1) is 11.3 Å². The van der Waals surface area contributed by atoms with Gasteiger partial charge in [-0.2, -0.15) is 0 Å².